The van der Waals surface area contributed by atoms with Crippen LogP contribution in [0.3, 0.4) is 0 Å². The summed E-state index contributed by atoms with van der Waals surface area (Å²) in [5.74, 6) is -0.445. The summed E-state index contributed by atoms with van der Waals surface area (Å²) in [5.41, 5.74) is 2.61. The molecule has 4 rings (SSSR count). The van der Waals surface area contributed by atoms with Crippen LogP contribution < -0.4 is 10.4 Å². The summed E-state index contributed by atoms with van der Waals surface area (Å²) in [6.07, 6.45) is 0. The molecule has 0 aliphatic carbocycles. The minimum absolute atomic E-state index is 0.0243. The Morgan fingerprint density at radius 2 is 1.65 bits per heavy atom. The van der Waals surface area contributed by atoms with Crippen LogP contribution in [-0.2, 0) is 6.54 Å². The number of aromatic hydroxyl groups is 2. The molecule has 6 heteroatoms. The fourth-order valence-corrected chi connectivity index (χ4v) is 3.57. The van der Waals surface area contributed by atoms with Gasteiger partial charge in [0.25, 0.3) is 0 Å². The molecule has 1 heterocycles. The second-order valence-electron chi connectivity index (χ2n) is 7.32. The maximum absolute atomic E-state index is 12.4. The normalized spacial score (nSPS) is 11.2. The Hall–Kier alpha value is -3.77. The molecule has 0 bridgehead atoms. The first-order chi connectivity index (χ1) is 15.0. The summed E-state index contributed by atoms with van der Waals surface area (Å²) in [6.45, 7) is 3.74. The van der Waals surface area contributed by atoms with E-state index in [1.807, 2.05) is 49.5 Å². The van der Waals surface area contributed by atoms with Crippen molar-refractivity contribution in [1.82, 2.24) is 5.01 Å². The molecule has 2 N–H and O–H groups in total. The van der Waals surface area contributed by atoms with Crippen molar-refractivity contribution < 1.29 is 14.6 Å². The molecule has 0 fully saturated rings. The van der Waals surface area contributed by atoms with E-state index in [9.17, 15) is 15.0 Å². The summed E-state index contributed by atoms with van der Waals surface area (Å²) in [7, 11) is 2.01. The van der Waals surface area contributed by atoms with Gasteiger partial charge in [-0.2, -0.15) is 0 Å². The predicted molar refractivity (Wildman–Crippen MR) is 122 cm³/mol. The molecule has 4 aromatic rings. The Labute approximate surface area is 180 Å². The van der Waals surface area contributed by atoms with E-state index in [2.05, 4.69) is 29.1 Å². The van der Waals surface area contributed by atoms with Crippen LogP contribution in [0.15, 0.2) is 82.0 Å². The predicted octanol–water partition coefficient (Wildman–Crippen LogP) is 4.74. The van der Waals surface area contributed by atoms with Crippen LogP contribution in [0, 0.1) is 0 Å². The molecule has 0 atom stereocenters. The SMILES string of the molecule is CCN(Cc1ccccc1)N(C)c1ccc(-c2cc(=O)c3ccc(O)c(O)c3o2)cc1. The molecular formula is C25H24N2O4. The molecule has 0 saturated carbocycles. The van der Waals surface area contributed by atoms with Crippen molar-refractivity contribution in [2.24, 2.45) is 0 Å². The first-order valence-electron chi connectivity index (χ1n) is 10.1. The molecule has 3 aromatic carbocycles. The van der Waals surface area contributed by atoms with Gasteiger partial charge in [0, 0.05) is 31.8 Å². The number of hydrogen-bond acceptors (Lipinski definition) is 6. The number of hydrogen-bond donors (Lipinski definition) is 2. The third-order valence-corrected chi connectivity index (χ3v) is 5.37. The molecule has 6 nitrogen and oxygen atoms in total. The summed E-state index contributed by atoms with van der Waals surface area (Å²) in [5, 5.41) is 24.3. The minimum Gasteiger partial charge on any atom is -0.504 e. The van der Waals surface area contributed by atoms with Crippen LogP contribution in [0.4, 0.5) is 5.69 Å². The number of phenols is 2. The average Bonchev–Trinajstić information content (AvgIpc) is 2.80. The first-order valence-corrected chi connectivity index (χ1v) is 10.1. The van der Waals surface area contributed by atoms with Crippen molar-refractivity contribution in [3.05, 3.63) is 88.6 Å². The zero-order valence-corrected chi connectivity index (χ0v) is 17.4. The third-order valence-electron chi connectivity index (χ3n) is 5.37. The highest BCUT2D eigenvalue weighted by molar-refractivity contribution is 5.86. The van der Waals surface area contributed by atoms with Crippen molar-refractivity contribution in [3.8, 4) is 22.8 Å². The van der Waals surface area contributed by atoms with Gasteiger partial charge >= 0.3 is 0 Å². The molecule has 0 spiro atoms. The second-order valence-corrected chi connectivity index (χ2v) is 7.32. The van der Waals surface area contributed by atoms with E-state index < -0.39 is 5.75 Å². The lowest BCUT2D eigenvalue weighted by Gasteiger charge is -2.33. The maximum atomic E-state index is 12.4. The summed E-state index contributed by atoms with van der Waals surface area (Å²) < 4.78 is 5.75. The molecule has 1 aromatic heterocycles. The molecule has 0 aliphatic heterocycles. The average molecular weight is 416 g/mol. The molecule has 0 radical (unpaired) electrons. The topological polar surface area (TPSA) is 77.2 Å². The smallest absolute Gasteiger partial charge is 0.201 e. The largest absolute Gasteiger partial charge is 0.504 e. The van der Waals surface area contributed by atoms with Gasteiger partial charge in [0.05, 0.1) is 11.1 Å². The van der Waals surface area contributed by atoms with Gasteiger partial charge in [-0.15, -0.1) is 0 Å². The van der Waals surface area contributed by atoms with Crippen molar-refractivity contribution in [1.29, 1.82) is 0 Å². The lowest BCUT2D eigenvalue weighted by Crippen LogP contribution is -2.39. The van der Waals surface area contributed by atoms with Gasteiger partial charge in [-0.05, 0) is 42.0 Å². The number of rotatable bonds is 6. The zero-order valence-electron chi connectivity index (χ0n) is 17.4. The number of phenolic OH excluding ortho intramolecular Hbond substituents is 2. The third kappa shape index (κ3) is 4.11. The minimum atomic E-state index is -0.438. The molecule has 0 amide bonds. The van der Waals surface area contributed by atoms with Crippen molar-refractivity contribution in [2.45, 2.75) is 13.5 Å². The van der Waals surface area contributed by atoms with Crippen LogP contribution in [0.2, 0.25) is 0 Å². The monoisotopic (exact) mass is 416 g/mol. The van der Waals surface area contributed by atoms with Gasteiger partial charge in [0.2, 0.25) is 5.75 Å². The molecule has 0 unspecified atom stereocenters. The molecule has 158 valence electrons. The molecule has 31 heavy (non-hydrogen) atoms. The van der Waals surface area contributed by atoms with Gasteiger partial charge in [-0.3, -0.25) is 4.79 Å². The number of benzene rings is 3. The van der Waals surface area contributed by atoms with E-state index in [-0.39, 0.29) is 22.1 Å². The highest BCUT2D eigenvalue weighted by Gasteiger charge is 2.15. The van der Waals surface area contributed by atoms with Crippen LogP contribution >= 0.6 is 0 Å². The van der Waals surface area contributed by atoms with Gasteiger partial charge in [-0.1, -0.05) is 37.3 Å². The van der Waals surface area contributed by atoms with Crippen LogP contribution in [0.1, 0.15) is 12.5 Å². The zero-order chi connectivity index (χ0) is 22.0. The Morgan fingerprint density at radius 1 is 0.935 bits per heavy atom. The van der Waals surface area contributed by atoms with Crippen LogP contribution in [0.25, 0.3) is 22.3 Å². The van der Waals surface area contributed by atoms with E-state index in [1.54, 1.807) is 0 Å². The quantitative estimate of drug-likeness (QED) is 0.349. The molecular weight excluding hydrogens is 392 g/mol. The van der Waals surface area contributed by atoms with Gasteiger partial charge in [0.1, 0.15) is 5.76 Å². The lowest BCUT2D eigenvalue weighted by molar-refractivity contribution is 0.270. The first kappa shape index (κ1) is 20.5. The van der Waals surface area contributed by atoms with Crippen LogP contribution in [0.5, 0.6) is 11.5 Å². The second kappa shape index (κ2) is 8.53. The summed E-state index contributed by atoms with van der Waals surface area (Å²) in [4.78, 5) is 12.4. The Bertz CT molecular complexity index is 1250. The number of fused-ring (bicyclic) bond motifs is 1. The van der Waals surface area contributed by atoms with Crippen LogP contribution in [-0.4, -0.2) is 28.8 Å². The fraction of sp³-hybridized carbons (Fsp3) is 0.160. The Balaban J connectivity index is 1.62. The fourth-order valence-electron chi connectivity index (χ4n) is 3.57. The Kier molecular flexibility index (Phi) is 5.64. The number of anilines is 1. The van der Waals surface area contributed by atoms with Crippen molar-refractivity contribution >= 4 is 16.7 Å². The van der Waals surface area contributed by atoms with E-state index in [4.69, 9.17) is 4.42 Å². The van der Waals surface area contributed by atoms with Gasteiger partial charge in [-0.25, -0.2) is 5.01 Å². The van der Waals surface area contributed by atoms with E-state index in [1.165, 1.54) is 23.8 Å². The van der Waals surface area contributed by atoms with E-state index >= 15 is 0 Å². The lowest BCUT2D eigenvalue weighted by atomic mass is 10.1. The summed E-state index contributed by atoms with van der Waals surface area (Å²) >= 11 is 0. The number of hydrazine groups is 1. The van der Waals surface area contributed by atoms with Crippen molar-refractivity contribution in [2.75, 3.05) is 18.6 Å². The standard InChI is InChI=1S/C25H24N2O4/c1-3-27(16-17-7-5-4-6-8-17)26(2)19-11-9-18(10-12-19)23-15-22(29)20-13-14-21(28)24(30)25(20)31-23/h4-15,28,30H,3,16H2,1-2H3. The van der Waals surface area contributed by atoms with Gasteiger partial charge in [0.15, 0.2) is 16.8 Å². The highest BCUT2D eigenvalue weighted by atomic mass is 16.4. The highest BCUT2D eigenvalue weighted by Crippen LogP contribution is 2.34. The Morgan fingerprint density at radius 3 is 2.32 bits per heavy atom. The van der Waals surface area contributed by atoms with E-state index in [0.29, 0.717) is 11.3 Å². The number of nitrogens with zero attached hydrogens (tertiary/aromatic N) is 2. The van der Waals surface area contributed by atoms with Crippen molar-refractivity contribution in [3.63, 3.8) is 0 Å². The van der Waals surface area contributed by atoms with Gasteiger partial charge < -0.3 is 19.6 Å². The maximum Gasteiger partial charge on any atom is 0.201 e. The van der Waals surface area contributed by atoms with E-state index in [0.717, 1.165) is 18.8 Å². The summed E-state index contributed by atoms with van der Waals surface area (Å²) in [6, 6.07) is 22.0. The molecule has 0 aliphatic rings. The molecule has 0 saturated heterocycles.